The van der Waals surface area contributed by atoms with Crippen LogP contribution in [0, 0.1) is 0 Å². The molecule has 4 amide bonds. The standard InChI is InChI=1S/C31H34N4O6/c36-28(40-22-24-9-3-1-4-10-24)15-8-16-32-29(37)26-13-7-14-27(21-26)33-30(38)34-17-19-35(20-18-34)31(39)41-23-25-11-5-2-6-12-25/h1-7,9-14,21H,8,15-20,22-23H2,(H,32,37)(H,33,38). The molecule has 2 N–H and O–H groups in total. The number of piperazine rings is 1. The molecule has 1 saturated heterocycles. The van der Waals surface area contributed by atoms with E-state index in [1.807, 2.05) is 60.7 Å². The number of carbonyl (C=O) groups excluding carboxylic acids is 4. The monoisotopic (exact) mass is 558 g/mol. The average molecular weight is 559 g/mol. The number of nitrogens with zero attached hydrogens (tertiary/aromatic N) is 2. The lowest BCUT2D eigenvalue weighted by atomic mass is 10.2. The molecule has 0 bridgehead atoms. The summed E-state index contributed by atoms with van der Waals surface area (Å²) in [5.41, 5.74) is 2.70. The van der Waals surface area contributed by atoms with E-state index in [0.717, 1.165) is 11.1 Å². The fraction of sp³-hybridized carbons (Fsp3) is 0.290. The van der Waals surface area contributed by atoms with Gasteiger partial charge in [0.2, 0.25) is 0 Å². The van der Waals surface area contributed by atoms with E-state index in [1.54, 1.807) is 34.1 Å². The van der Waals surface area contributed by atoms with Crippen LogP contribution in [0.1, 0.15) is 34.3 Å². The minimum absolute atomic E-state index is 0.196. The highest BCUT2D eigenvalue weighted by molar-refractivity contribution is 5.97. The molecule has 0 aliphatic carbocycles. The summed E-state index contributed by atoms with van der Waals surface area (Å²) in [6.07, 6.45) is 0.236. The van der Waals surface area contributed by atoms with Gasteiger partial charge < -0.3 is 29.9 Å². The maximum atomic E-state index is 12.8. The number of esters is 1. The number of ether oxygens (including phenoxy) is 2. The first-order valence-electron chi connectivity index (χ1n) is 13.6. The van der Waals surface area contributed by atoms with Crippen molar-refractivity contribution in [1.82, 2.24) is 15.1 Å². The molecular formula is C31H34N4O6. The van der Waals surface area contributed by atoms with Crippen LogP contribution in [0.3, 0.4) is 0 Å². The first kappa shape index (κ1) is 29.1. The normalized spacial score (nSPS) is 12.8. The minimum atomic E-state index is -0.406. The van der Waals surface area contributed by atoms with Crippen LogP contribution in [0.5, 0.6) is 0 Å². The van der Waals surface area contributed by atoms with Crippen molar-refractivity contribution < 1.29 is 28.7 Å². The number of hydrogen-bond acceptors (Lipinski definition) is 6. The lowest BCUT2D eigenvalue weighted by Crippen LogP contribution is -2.51. The maximum absolute atomic E-state index is 12.8. The van der Waals surface area contributed by atoms with Gasteiger partial charge in [-0.1, -0.05) is 66.7 Å². The fourth-order valence-corrected chi connectivity index (χ4v) is 4.19. The minimum Gasteiger partial charge on any atom is -0.461 e. The largest absolute Gasteiger partial charge is 0.461 e. The first-order valence-corrected chi connectivity index (χ1v) is 13.6. The Morgan fingerprint density at radius 3 is 1.98 bits per heavy atom. The molecule has 0 radical (unpaired) electrons. The molecule has 10 nitrogen and oxygen atoms in total. The van der Waals surface area contributed by atoms with Crippen LogP contribution in [0.4, 0.5) is 15.3 Å². The molecule has 3 aromatic carbocycles. The number of urea groups is 1. The van der Waals surface area contributed by atoms with Crippen molar-refractivity contribution in [2.75, 3.05) is 38.0 Å². The third kappa shape index (κ3) is 9.38. The Balaban J connectivity index is 1.14. The summed E-state index contributed by atoms with van der Waals surface area (Å²) in [6.45, 7) is 2.19. The van der Waals surface area contributed by atoms with Crippen molar-refractivity contribution in [1.29, 1.82) is 0 Å². The number of carbonyl (C=O) groups is 4. The molecule has 0 aromatic heterocycles. The van der Waals surface area contributed by atoms with Crippen molar-refractivity contribution in [3.8, 4) is 0 Å². The van der Waals surface area contributed by atoms with Crippen LogP contribution < -0.4 is 10.6 Å². The van der Waals surface area contributed by atoms with Crippen LogP contribution in [-0.4, -0.2) is 66.5 Å². The SMILES string of the molecule is O=C(CCCNC(=O)c1cccc(NC(=O)N2CCN(C(=O)OCc3ccccc3)CC2)c1)OCc1ccccc1. The van der Waals surface area contributed by atoms with E-state index in [0.29, 0.717) is 50.4 Å². The van der Waals surface area contributed by atoms with E-state index in [-0.39, 0.29) is 37.5 Å². The zero-order valence-corrected chi connectivity index (χ0v) is 22.8. The summed E-state index contributed by atoms with van der Waals surface area (Å²) in [7, 11) is 0. The second-order valence-electron chi connectivity index (χ2n) is 9.53. The third-order valence-electron chi connectivity index (χ3n) is 6.49. The zero-order chi connectivity index (χ0) is 28.9. The molecular weight excluding hydrogens is 524 g/mol. The van der Waals surface area contributed by atoms with E-state index in [9.17, 15) is 19.2 Å². The Kier molecular flexibility index (Phi) is 10.7. The molecule has 0 spiro atoms. The van der Waals surface area contributed by atoms with Gasteiger partial charge in [-0.05, 0) is 35.7 Å². The fourth-order valence-electron chi connectivity index (χ4n) is 4.19. The first-order chi connectivity index (χ1) is 20.0. The predicted molar refractivity (Wildman–Crippen MR) is 153 cm³/mol. The van der Waals surface area contributed by atoms with Gasteiger partial charge in [-0.15, -0.1) is 0 Å². The van der Waals surface area contributed by atoms with Gasteiger partial charge in [-0.2, -0.15) is 0 Å². The molecule has 41 heavy (non-hydrogen) atoms. The summed E-state index contributed by atoms with van der Waals surface area (Å²) >= 11 is 0. The maximum Gasteiger partial charge on any atom is 0.410 e. The molecule has 214 valence electrons. The topological polar surface area (TPSA) is 117 Å². The van der Waals surface area contributed by atoms with Crippen LogP contribution >= 0.6 is 0 Å². The van der Waals surface area contributed by atoms with Gasteiger partial charge in [-0.25, -0.2) is 9.59 Å². The third-order valence-corrected chi connectivity index (χ3v) is 6.49. The van der Waals surface area contributed by atoms with E-state index in [4.69, 9.17) is 9.47 Å². The highest BCUT2D eigenvalue weighted by atomic mass is 16.6. The quantitative estimate of drug-likeness (QED) is 0.281. The number of rotatable bonds is 10. The zero-order valence-electron chi connectivity index (χ0n) is 22.8. The van der Waals surface area contributed by atoms with Gasteiger partial charge in [0.1, 0.15) is 13.2 Å². The predicted octanol–water partition coefficient (Wildman–Crippen LogP) is 4.43. The second-order valence-corrected chi connectivity index (χ2v) is 9.53. The number of nitrogens with one attached hydrogen (secondary N) is 2. The molecule has 0 saturated carbocycles. The Morgan fingerprint density at radius 1 is 0.707 bits per heavy atom. The molecule has 0 unspecified atom stereocenters. The summed E-state index contributed by atoms with van der Waals surface area (Å²) in [6, 6.07) is 25.2. The average Bonchev–Trinajstić information content (AvgIpc) is 3.02. The van der Waals surface area contributed by atoms with Crippen LogP contribution in [0.15, 0.2) is 84.9 Å². The van der Waals surface area contributed by atoms with Gasteiger partial charge in [0.15, 0.2) is 0 Å². The van der Waals surface area contributed by atoms with Crippen molar-refractivity contribution in [2.45, 2.75) is 26.1 Å². The van der Waals surface area contributed by atoms with Crippen molar-refractivity contribution in [3.63, 3.8) is 0 Å². The number of anilines is 1. The Labute approximate surface area is 239 Å². The van der Waals surface area contributed by atoms with E-state index < -0.39 is 6.09 Å². The highest BCUT2D eigenvalue weighted by Crippen LogP contribution is 2.14. The van der Waals surface area contributed by atoms with Crippen LogP contribution in [-0.2, 0) is 27.5 Å². The number of benzene rings is 3. The smallest absolute Gasteiger partial charge is 0.410 e. The van der Waals surface area contributed by atoms with Crippen molar-refractivity contribution in [2.24, 2.45) is 0 Å². The van der Waals surface area contributed by atoms with Crippen molar-refractivity contribution in [3.05, 3.63) is 102 Å². The molecule has 10 heteroatoms. The Bertz CT molecular complexity index is 1310. The second kappa shape index (κ2) is 15.1. The van der Waals surface area contributed by atoms with Gasteiger partial charge >= 0.3 is 18.1 Å². The number of amides is 4. The molecule has 4 rings (SSSR count). The lowest BCUT2D eigenvalue weighted by Gasteiger charge is -2.34. The Hall–Kier alpha value is -4.86. The van der Waals surface area contributed by atoms with Crippen molar-refractivity contribution >= 4 is 29.7 Å². The molecule has 0 atom stereocenters. The van der Waals surface area contributed by atoms with Gasteiger partial charge in [0, 0.05) is 50.4 Å². The molecule has 1 fully saturated rings. The van der Waals surface area contributed by atoms with Gasteiger partial charge in [0.05, 0.1) is 0 Å². The van der Waals surface area contributed by atoms with Crippen LogP contribution in [0.2, 0.25) is 0 Å². The number of hydrogen-bond donors (Lipinski definition) is 2. The van der Waals surface area contributed by atoms with E-state index >= 15 is 0 Å². The highest BCUT2D eigenvalue weighted by Gasteiger charge is 2.25. The molecule has 1 aliphatic heterocycles. The lowest BCUT2D eigenvalue weighted by molar-refractivity contribution is -0.145. The Morgan fingerprint density at radius 2 is 1.32 bits per heavy atom. The van der Waals surface area contributed by atoms with Gasteiger partial charge in [-0.3, -0.25) is 9.59 Å². The van der Waals surface area contributed by atoms with Crippen LogP contribution in [0.25, 0.3) is 0 Å². The molecule has 1 heterocycles. The summed E-state index contributed by atoms with van der Waals surface area (Å²) in [5.74, 6) is -0.626. The summed E-state index contributed by atoms with van der Waals surface area (Å²) in [4.78, 5) is 52.9. The summed E-state index contributed by atoms with van der Waals surface area (Å²) < 4.78 is 10.6. The summed E-state index contributed by atoms with van der Waals surface area (Å²) in [5, 5.41) is 5.61. The molecule has 1 aliphatic rings. The van der Waals surface area contributed by atoms with E-state index in [2.05, 4.69) is 10.6 Å². The van der Waals surface area contributed by atoms with E-state index in [1.165, 1.54) is 0 Å². The molecule has 3 aromatic rings. The van der Waals surface area contributed by atoms with Gasteiger partial charge in [0.25, 0.3) is 5.91 Å².